The van der Waals surface area contributed by atoms with E-state index in [1.54, 1.807) is 0 Å². The molecule has 5 nitrogen and oxygen atoms in total. The Morgan fingerprint density at radius 2 is 1.80 bits per heavy atom. The van der Waals surface area contributed by atoms with Gasteiger partial charge in [-0.25, -0.2) is 9.66 Å². The summed E-state index contributed by atoms with van der Waals surface area (Å²) < 4.78 is 6.89. The van der Waals surface area contributed by atoms with Crippen LogP contribution in [-0.4, -0.2) is 16.3 Å². The fourth-order valence-corrected chi connectivity index (χ4v) is 2.06. The smallest absolute Gasteiger partial charge is 0.150 e. The van der Waals surface area contributed by atoms with Crippen LogP contribution in [0, 0.1) is 0 Å². The maximum atomic E-state index is 6.07. The predicted molar refractivity (Wildman–Crippen MR) is 82.1 cm³/mol. The van der Waals surface area contributed by atoms with Crippen molar-refractivity contribution in [2.24, 2.45) is 0 Å². The molecule has 0 saturated carbocycles. The highest BCUT2D eigenvalue weighted by Gasteiger charge is 2.24. The summed E-state index contributed by atoms with van der Waals surface area (Å²) in [5.41, 5.74) is 7.55. The Hall–Kier alpha value is -2.17. The molecule has 0 aliphatic rings. The van der Waals surface area contributed by atoms with Gasteiger partial charge in [-0.05, 0) is 31.2 Å². The molecule has 0 spiro atoms. The fourth-order valence-electron chi connectivity index (χ4n) is 2.06. The topological polar surface area (TPSA) is 79.1 Å². The predicted octanol–water partition coefficient (Wildman–Crippen LogP) is 2.54. The van der Waals surface area contributed by atoms with Crippen LogP contribution in [0.4, 0.5) is 5.82 Å². The van der Waals surface area contributed by atoms with Crippen molar-refractivity contribution in [3.05, 3.63) is 30.1 Å². The van der Waals surface area contributed by atoms with Gasteiger partial charge < -0.3 is 16.3 Å². The van der Waals surface area contributed by atoms with Crippen LogP contribution < -0.4 is 16.3 Å². The third-order valence-electron chi connectivity index (χ3n) is 3.06. The normalized spacial score (nSPS) is 11.6. The number of rotatable bonds is 3. The van der Waals surface area contributed by atoms with E-state index in [1.165, 1.54) is 4.68 Å². The Morgan fingerprint density at radius 3 is 2.25 bits per heavy atom. The molecule has 1 heterocycles. The summed E-state index contributed by atoms with van der Waals surface area (Å²) in [6, 6.07) is 7.70. The molecule has 4 N–H and O–H groups in total. The second-order valence-electron chi connectivity index (χ2n) is 5.75. The van der Waals surface area contributed by atoms with E-state index in [0.29, 0.717) is 18.1 Å². The van der Waals surface area contributed by atoms with Crippen molar-refractivity contribution in [1.82, 2.24) is 9.66 Å². The van der Waals surface area contributed by atoms with Gasteiger partial charge in [0.1, 0.15) is 17.3 Å². The van der Waals surface area contributed by atoms with E-state index in [0.717, 1.165) is 17.1 Å². The number of nitrogen functional groups attached to an aromatic ring is 2. The number of ether oxygens (including phenoxy) is 1. The monoisotopic (exact) mass is 274 g/mol. The molecule has 0 fully saturated rings. The van der Waals surface area contributed by atoms with Crippen LogP contribution in [0.25, 0.3) is 11.3 Å². The molecule has 0 unspecified atom stereocenters. The van der Waals surface area contributed by atoms with Crippen molar-refractivity contribution >= 4 is 5.82 Å². The third kappa shape index (κ3) is 2.57. The van der Waals surface area contributed by atoms with E-state index in [2.05, 4.69) is 25.8 Å². The third-order valence-corrected chi connectivity index (χ3v) is 3.06. The minimum Gasteiger partial charge on any atom is -0.494 e. The molecule has 0 radical (unpaired) electrons. The van der Waals surface area contributed by atoms with Crippen LogP contribution in [-0.2, 0) is 5.41 Å². The number of nitrogens with zero attached hydrogens (tertiary/aromatic N) is 2. The number of nitrogens with two attached hydrogens (primary N) is 2. The first-order chi connectivity index (χ1) is 9.34. The van der Waals surface area contributed by atoms with Gasteiger partial charge in [0.25, 0.3) is 0 Å². The first kappa shape index (κ1) is 14.2. The number of benzene rings is 1. The van der Waals surface area contributed by atoms with Gasteiger partial charge in [0.2, 0.25) is 0 Å². The van der Waals surface area contributed by atoms with Crippen LogP contribution in [0.1, 0.15) is 33.5 Å². The zero-order valence-electron chi connectivity index (χ0n) is 12.5. The Balaban J connectivity index is 2.43. The highest BCUT2D eigenvalue weighted by atomic mass is 16.5. The van der Waals surface area contributed by atoms with Crippen LogP contribution in [0.15, 0.2) is 24.3 Å². The molecule has 0 saturated heterocycles. The lowest BCUT2D eigenvalue weighted by Gasteiger charge is -2.17. The van der Waals surface area contributed by atoms with Crippen molar-refractivity contribution in [1.29, 1.82) is 0 Å². The van der Waals surface area contributed by atoms with Gasteiger partial charge in [0.15, 0.2) is 5.82 Å². The molecule has 1 aromatic heterocycles. The van der Waals surface area contributed by atoms with E-state index < -0.39 is 0 Å². The van der Waals surface area contributed by atoms with Crippen LogP contribution in [0.2, 0.25) is 0 Å². The van der Waals surface area contributed by atoms with Crippen LogP contribution in [0.5, 0.6) is 5.75 Å². The molecule has 108 valence electrons. The molecular formula is C15H22N4O. The minimum atomic E-state index is -0.160. The second kappa shape index (κ2) is 5.07. The first-order valence-corrected chi connectivity index (χ1v) is 6.71. The Kier molecular flexibility index (Phi) is 3.61. The molecule has 20 heavy (non-hydrogen) atoms. The lowest BCUT2D eigenvalue weighted by atomic mass is 9.96. The summed E-state index contributed by atoms with van der Waals surface area (Å²) in [5.74, 6) is 8.07. The summed E-state index contributed by atoms with van der Waals surface area (Å²) in [6.07, 6.45) is 0. The summed E-state index contributed by atoms with van der Waals surface area (Å²) in [6.45, 7) is 8.77. The number of anilines is 1. The maximum absolute atomic E-state index is 6.07. The van der Waals surface area contributed by atoms with Gasteiger partial charge in [-0.15, -0.1) is 0 Å². The maximum Gasteiger partial charge on any atom is 0.150 e. The first-order valence-electron chi connectivity index (χ1n) is 6.71. The second-order valence-corrected chi connectivity index (χ2v) is 5.75. The van der Waals surface area contributed by atoms with Gasteiger partial charge in [0, 0.05) is 11.0 Å². The highest BCUT2D eigenvalue weighted by Crippen LogP contribution is 2.31. The summed E-state index contributed by atoms with van der Waals surface area (Å²) in [5, 5.41) is 0. The van der Waals surface area contributed by atoms with Crippen LogP contribution >= 0.6 is 0 Å². The van der Waals surface area contributed by atoms with E-state index >= 15 is 0 Å². The quantitative estimate of drug-likeness (QED) is 0.843. The van der Waals surface area contributed by atoms with Gasteiger partial charge >= 0.3 is 0 Å². The van der Waals surface area contributed by atoms with E-state index in [1.807, 2.05) is 31.2 Å². The zero-order chi connectivity index (χ0) is 14.9. The summed E-state index contributed by atoms with van der Waals surface area (Å²) >= 11 is 0. The lowest BCUT2D eigenvalue weighted by molar-refractivity contribution is 0.340. The van der Waals surface area contributed by atoms with E-state index in [9.17, 15) is 0 Å². The zero-order valence-corrected chi connectivity index (χ0v) is 12.5. The largest absolute Gasteiger partial charge is 0.494 e. The van der Waals surface area contributed by atoms with Gasteiger partial charge in [-0.3, -0.25) is 0 Å². The molecule has 2 aromatic rings. The van der Waals surface area contributed by atoms with Crippen molar-refractivity contribution < 1.29 is 4.74 Å². The van der Waals surface area contributed by atoms with Crippen molar-refractivity contribution in [3.63, 3.8) is 0 Å². The Labute approximate surface area is 119 Å². The van der Waals surface area contributed by atoms with Crippen molar-refractivity contribution in [2.45, 2.75) is 33.1 Å². The van der Waals surface area contributed by atoms with E-state index in [-0.39, 0.29) is 5.41 Å². The van der Waals surface area contributed by atoms with Crippen LogP contribution in [0.3, 0.4) is 0 Å². The SMILES string of the molecule is CCOc1ccc(-c2nc(C(C)(C)C)n(N)c2N)cc1. The molecule has 0 bridgehead atoms. The van der Waals surface area contributed by atoms with Gasteiger partial charge in [0.05, 0.1) is 6.61 Å². The fraction of sp³-hybridized carbons (Fsp3) is 0.400. The Morgan fingerprint density at radius 1 is 1.20 bits per heavy atom. The number of hydrogen-bond acceptors (Lipinski definition) is 4. The average molecular weight is 274 g/mol. The number of aromatic nitrogens is 2. The molecule has 1 aromatic carbocycles. The van der Waals surface area contributed by atoms with Crippen molar-refractivity contribution in [3.8, 4) is 17.0 Å². The highest BCUT2D eigenvalue weighted by molar-refractivity contribution is 5.71. The van der Waals surface area contributed by atoms with E-state index in [4.69, 9.17) is 16.3 Å². The minimum absolute atomic E-state index is 0.160. The van der Waals surface area contributed by atoms with Gasteiger partial charge in [-0.1, -0.05) is 20.8 Å². The molecule has 0 aliphatic carbocycles. The molecule has 0 atom stereocenters. The number of hydrogen-bond donors (Lipinski definition) is 2. The summed E-state index contributed by atoms with van der Waals surface area (Å²) in [7, 11) is 0. The lowest BCUT2D eigenvalue weighted by Crippen LogP contribution is -2.24. The Bertz CT molecular complexity index is 594. The van der Waals surface area contributed by atoms with Gasteiger partial charge in [-0.2, -0.15) is 0 Å². The standard InChI is InChI=1S/C15H22N4O/c1-5-20-11-8-6-10(7-9-11)12-13(16)19(17)14(18-12)15(2,3)4/h6-9H,5,16-17H2,1-4H3. The molecule has 2 rings (SSSR count). The molecule has 5 heteroatoms. The molecule has 0 aliphatic heterocycles. The average Bonchev–Trinajstić information content (AvgIpc) is 2.68. The molecular weight excluding hydrogens is 252 g/mol. The summed E-state index contributed by atoms with van der Waals surface area (Å²) in [4.78, 5) is 4.60. The van der Waals surface area contributed by atoms with Crippen molar-refractivity contribution in [2.75, 3.05) is 18.2 Å². The number of imidazole rings is 1. The molecule has 0 amide bonds.